The molecule has 2 atom stereocenters. The highest BCUT2D eigenvalue weighted by molar-refractivity contribution is 5.74. The first kappa shape index (κ1) is 16.2. The van der Waals surface area contributed by atoms with Gasteiger partial charge in [0.15, 0.2) is 0 Å². The van der Waals surface area contributed by atoms with Crippen LogP contribution in [-0.4, -0.2) is 55.5 Å². The van der Waals surface area contributed by atoms with Gasteiger partial charge < -0.3 is 19.7 Å². The second-order valence-corrected chi connectivity index (χ2v) is 5.52. The molecule has 19 heavy (non-hydrogen) atoms. The van der Waals surface area contributed by atoms with Crippen LogP contribution in [-0.2, 0) is 9.47 Å². The van der Waals surface area contributed by atoms with Gasteiger partial charge in [-0.3, -0.25) is 0 Å². The first-order valence-electron chi connectivity index (χ1n) is 7.29. The molecule has 0 aromatic rings. The maximum Gasteiger partial charge on any atom is 0.317 e. The van der Waals surface area contributed by atoms with Crippen LogP contribution < -0.4 is 5.32 Å². The number of ether oxygens (including phenoxy) is 2. The summed E-state index contributed by atoms with van der Waals surface area (Å²) in [5, 5.41) is 2.96. The number of unbranched alkanes of at least 4 members (excludes halogenated alkanes) is 1. The van der Waals surface area contributed by atoms with Gasteiger partial charge in [-0.05, 0) is 40.5 Å². The zero-order valence-electron chi connectivity index (χ0n) is 12.6. The van der Waals surface area contributed by atoms with Crippen LogP contribution in [0.1, 0.15) is 40.5 Å². The Morgan fingerprint density at radius 1 is 1.32 bits per heavy atom. The van der Waals surface area contributed by atoms with Gasteiger partial charge >= 0.3 is 6.03 Å². The third kappa shape index (κ3) is 6.78. The minimum atomic E-state index is 0.0202. The predicted octanol–water partition coefficient (Wildman–Crippen LogP) is 2.01. The summed E-state index contributed by atoms with van der Waals surface area (Å²) in [6.45, 7) is 10.9. The number of urea groups is 1. The number of carbonyl (C=O) groups is 1. The summed E-state index contributed by atoms with van der Waals surface area (Å²) in [6, 6.07) is 0.0202. The smallest absolute Gasteiger partial charge is 0.317 e. The molecule has 5 heteroatoms. The molecule has 1 rings (SSSR count). The van der Waals surface area contributed by atoms with Gasteiger partial charge in [-0.15, -0.1) is 0 Å². The Bertz CT molecular complexity index is 261. The molecule has 1 saturated heterocycles. The van der Waals surface area contributed by atoms with Crippen molar-refractivity contribution in [3.05, 3.63) is 0 Å². The van der Waals surface area contributed by atoms with Crippen LogP contribution in [0.15, 0.2) is 0 Å². The Balaban J connectivity index is 2.10. The van der Waals surface area contributed by atoms with E-state index in [2.05, 4.69) is 5.32 Å². The molecule has 1 N–H and O–H groups in total. The summed E-state index contributed by atoms with van der Waals surface area (Å²) < 4.78 is 11.1. The molecule has 0 saturated carbocycles. The summed E-state index contributed by atoms with van der Waals surface area (Å²) >= 11 is 0. The normalized spacial score (nSPS) is 23.7. The topological polar surface area (TPSA) is 50.8 Å². The number of rotatable bonds is 6. The summed E-state index contributed by atoms with van der Waals surface area (Å²) in [6.07, 6.45) is 2.45. The Morgan fingerprint density at radius 2 is 1.95 bits per heavy atom. The quantitative estimate of drug-likeness (QED) is 0.753. The van der Waals surface area contributed by atoms with Crippen molar-refractivity contribution in [2.24, 2.45) is 0 Å². The molecule has 0 aromatic heterocycles. The number of nitrogens with zero attached hydrogens (tertiary/aromatic N) is 1. The summed E-state index contributed by atoms with van der Waals surface area (Å²) in [5.41, 5.74) is 0. The summed E-state index contributed by atoms with van der Waals surface area (Å²) in [7, 11) is 0. The van der Waals surface area contributed by atoms with Crippen molar-refractivity contribution in [2.45, 2.75) is 58.8 Å². The molecule has 1 aliphatic rings. The predicted molar refractivity (Wildman–Crippen MR) is 75.3 cm³/mol. The van der Waals surface area contributed by atoms with Crippen molar-refractivity contribution in [1.82, 2.24) is 10.2 Å². The third-order valence-corrected chi connectivity index (χ3v) is 3.01. The molecular formula is C14H28N2O3. The Morgan fingerprint density at radius 3 is 2.53 bits per heavy atom. The van der Waals surface area contributed by atoms with E-state index in [1.54, 1.807) is 0 Å². The van der Waals surface area contributed by atoms with E-state index >= 15 is 0 Å². The van der Waals surface area contributed by atoms with Crippen LogP contribution in [0.2, 0.25) is 0 Å². The first-order chi connectivity index (χ1) is 8.99. The van der Waals surface area contributed by atoms with Crippen molar-refractivity contribution in [2.75, 3.05) is 26.2 Å². The lowest BCUT2D eigenvalue weighted by Gasteiger charge is -2.35. The lowest BCUT2D eigenvalue weighted by molar-refractivity contribution is -0.0545. The van der Waals surface area contributed by atoms with Gasteiger partial charge in [0.05, 0.1) is 18.3 Å². The fourth-order valence-corrected chi connectivity index (χ4v) is 2.20. The molecule has 5 nitrogen and oxygen atoms in total. The fraction of sp³-hybridized carbons (Fsp3) is 0.929. The zero-order valence-corrected chi connectivity index (χ0v) is 12.6. The lowest BCUT2D eigenvalue weighted by Crippen LogP contribution is -2.51. The van der Waals surface area contributed by atoms with Crippen LogP contribution in [0.5, 0.6) is 0 Å². The SMILES string of the molecule is CC(C)OCCCCNC(=O)N1C[C@@H](C)O[C@@H](C)C1. The largest absolute Gasteiger partial charge is 0.379 e. The average Bonchev–Trinajstić information content (AvgIpc) is 2.31. The first-order valence-corrected chi connectivity index (χ1v) is 7.29. The van der Waals surface area contributed by atoms with Crippen molar-refractivity contribution >= 4 is 6.03 Å². The molecule has 0 radical (unpaired) electrons. The third-order valence-electron chi connectivity index (χ3n) is 3.01. The standard InChI is InChI=1S/C14H28N2O3/c1-11(2)18-8-6-5-7-15-14(17)16-9-12(3)19-13(4)10-16/h11-13H,5-10H2,1-4H3,(H,15,17)/t12-,13+. The van der Waals surface area contributed by atoms with Gasteiger partial charge in [-0.2, -0.15) is 0 Å². The molecule has 0 aliphatic carbocycles. The molecule has 0 unspecified atom stereocenters. The lowest BCUT2D eigenvalue weighted by atomic mass is 10.2. The number of hydrogen-bond donors (Lipinski definition) is 1. The minimum Gasteiger partial charge on any atom is -0.379 e. The molecule has 112 valence electrons. The molecule has 0 bridgehead atoms. The van der Waals surface area contributed by atoms with E-state index in [0.717, 1.165) is 19.4 Å². The van der Waals surface area contributed by atoms with Crippen LogP contribution >= 0.6 is 0 Å². The molecule has 1 heterocycles. The number of nitrogens with one attached hydrogen (secondary N) is 1. The highest BCUT2D eigenvalue weighted by Gasteiger charge is 2.25. The highest BCUT2D eigenvalue weighted by Crippen LogP contribution is 2.10. The van der Waals surface area contributed by atoms with Gasteiger partial charge in [-0.25, -0.2) is 4.79 Å². The molecule has 1 fully saturated rings. The van der Waals surface area contributed by atoms with E-state index < -0.39 is 0 Å². The number of hydrogen-bond acceptors (Lipinski definition) is 3. The molecule has 1 aliphatic heterocycles. The van der Waals surface area contributed by atoms with Crippen molar-refractivity contribution in [1.29, 1.82) is 0 Å². The maximum absolute atomic E-state index is 12.0. The number of morpholine rings is 1. The monoisotopic (exact) mass is 272 g/mol. The maximum atomic E-state index is 12.0. The van der Waals surface area contributed by atoms with Crippen molar-refractivity contribution in [3.63, 3.8) is 0 Å². The van der Waals surface area contributed by atoms with Crippen LogP contribution in [0, 0.1) is 0 Å². The van der Waals surface area contributed by atoms with E-state index in [1.807, 2.05) is 32.6 Å². The van der Waals surface area contributed by atoms with Crippen LogP contribution in [0.3, 0.4) is 0 Å². The van der Waals surface area contributed by atoms with Crippen LogP contribution in [0.4, 0.5) is 4.79 Å². The fourth-order valence-electron chi connectivity index (χ4n) is 2.20. The molecule has 0 spiro atoms. The summed E-state index contributed by atoms with van der Waals surface area (Å²) in [4.78, 5) is 13.8. The van der Waals surface area contributed by atoms with Crippen molar-refractivity contribution < 1.29 is 14.3 Å². The van der Waals surface area contributed by atoms with E-state index in [9.17, 15) is 4.79 Å². The zero-order chi connectivity index (χ0) is 14.3. The molecule has 0 aromatic carbocycles. The van der Waals surface area contributed by atoms with Crippen LogP contribution in [0.25, 0.3) is 0 Å². The molecular weight excluding hydrogens is 244 g/mol. The molecule has 2 amide bonds. The van der Waals surface area contributed by atoms with E-state index in [0.29, 0.717) is 19.6 Å². The van der Waals surface area contributed by atoms with Crippen molar-refractivity contribution in [3.8, 4) is 0 Å². The highest BCUT2D eigenvalue weighted by atomic mass is 16.5. The Hall–Kier alpha value is -0.810. The second kappa shape index (κ2) is 8.38. The van der Waals surface area contributed by atoms with E-state index in [1.165, 1.54) is 0 Å². The van der Waals surface area contributed by atoms with Gasteiger partial charge in [0.25, 0.3) is 0 Å². The van der Waals surface area contributed by atoms with Gasteiger partial charge in [0, 0.05) is 26.2 Å². The summed E-state index contributed by atoms with van der Waals surface area (Å²) in [5.74, 6) is 0. The van der Waals surface area contributed by atoms with Gasteiger partial charge in [0.2, 0.25) is 0 Å². The van der Waals surface area contributed by atoms with E-state index in [4.69, 9.17) is 9.47 Å². The minimum absolute atomic E-state index is 0.0202. The van der Waals surface area contributed by atoms with E-state index in [-0.39, 0.29) is 24.3 Å². The van der Waals surface area contributed by atoms with Gasteiger partial charge in [-0.1, -0.05) is 0 Å². The number of amides is 2. The van der Waals surface area contributed by atoms with Gasteiger partial charge in [0.1, 0.15) is 0 Å². The Kier molecular flexibility index (Phi) is 7.16. The average molecular weight is 272 g/mol. The second-order valence-electron chi connectivity index (χ2n) is 5.52. The Labute approximate surface area is 116 Å². The number of carbonyl (C=O) groups excluding carboxylic acids is 1.